The minimum Gasteiger partial charge on any atom is -0.441 e. The maximum absolute atomic E-state index is 12.8. The number of hydrogen-bond acceptors (Lipinski definition) is 5. The maximum atomic E-state index is 12.8. The van der Waals surface area contributed by atoms with E-state index in [-0.39, 0.29) is 24.0 Å². The third-order valence-electron chi connectivity index (χ3n) is 6.23. The second-order valence-electron chi connectivity index (χ2n) is 8.51. The van der Waals surface area contributed by atoms with Gasteiger partial charge in [-0.15, -0.1) is 0 Å². The second-order valence-corrected chi connectivity index (χ2v) is 8.51. The van der Waals surface area contributed by atoms with Crippen molar-refractivity contribution in [3.05, 3.63) is 59.3 Å². The van der Waals surface area contributed by atoms with Crippen LogP contribution in [0.15, 0.2) is 42.6 Å². The molecule has 0 bridgehead atoms. The first-order chi connectivity index (χ1) is 13.9. The number of ether oxygens (including phenoxy) is 1. The molecule has 1 aliphatic heterocycles. The van der Waals surface area contributed by atoms with Crippen LogP contribution in [0.4, 0.5) is 10.6 Å². The summed E-state index contributed by atoms with van der Waals surface area (Å²) in [5, 5.41) is 9.21. The van der Waals surface area contributed by atoms with E-state index in [1.54, 1.807) is 6.20 Å². The van der Waals surface area contributed by atoms with E-state index in [1.165, 1.54) is 0 Å². The van der Waals surface area contributed by atoms with Crippen LogP contribution in [0, 0.1) is 11.3 Å². The number of hydrogen-bond donors (Lipinski definition) is 1. The fraction of sp³-hybridized carbons (Fsp3) is 0.435. The van der Waals surface area contributed by atoms with E-state index in [1.807, 2.05) is 43.0 Å². The van der Waals surface area contributed by atoms with Gasteiger partial charge in [0.25, 0.3) is 0 Å². The highest BCUT2D eigenvalue weighted by molar-refractivity contribution is 5.72. The molecule has 1 saturated carbocycles. The number of nitriles is 1. The molecule has 2 heterocycles. The molecule has 1 amide bonds. The third kappa shape index (κ3) is 3.53. The molecule has 6 heteroatoms. The molecule has 29 heavy (non-hydrogen) atoms. The molecule has 0 unspecified atom stereocenters. The van der Waals surface area contributed by atoms with Crippen molar-refractivity contribution in [3.8, 4) is 6.07 Å². The summed E-state index contributed by atoms with van der Waals surface area (Å²) >= 11 is 0. The number of pyridine rings is 1. The number of benzene rings is 1. The summed E-state index contributed by atoms with van der Waals surface area (Å²) in [6.07, 6.45) is 5.21. The van der Waals surface area contributed by atoms with Crippen molar-refractivity contribution < 1.29 is 9.53 Å². The molecule has 1 aromatic heterocycles. The smallest absolute Gasteiger partial charge is 0.411 e. The Labute approximate surface area is 171 Å². The highest BCUT2D eigenvalue weighted by Gasteiger charge is 2.51. The standard InChI is InChI=1S/C23H26N4O2/c1-23(2)20(16-6-4-3-5-7-16)27(22(28)29-23)19-10-8-15(9-11-19)18-12-17(13-24)21(25)26-14-18/h3-7,12,14-15,19-20H,8-11H2,1-2H3,(H2,25,26)/t15-,19-,20-/m0/s1. The Morgan fingerprint density at radius 2 is 1.86 bits per heavy atom. The van der Waals surface area contributed by atoms with Gasteiger partial charge in [-0.1, -0.05) is 30.3 Å². The zero-order valence-electron chi connectivity index (χ0n) is 16.8. The van der Waals surface area contributed by atoms with Gasteiger partial charge in [0.1, 0.15) is 17.5 Å². The van der Waals surface area contributed by atoms with Gasteiger partial charge in [-0.2, -0.15) is 5.26 Å². The zero-order valence-corrected chi connectivity index (χ0v) is 16.8. The molecule has 0 spiro atoms. The van der Waals surface area contributed by atoms with E-state index in [9.17, 15) is 10.1 Å². The van der Waals surface area contributed by atoms with Gasteiger partial charge in [0, 0.05) is 12.2 Å². The van der Waals surface area contributed by atoms with Crippen molar-refractivity contribution in [2.24, 2.45) is 0 Å². The first-order valence-corrected chi connectivity index (χ1v) is 10.1. The Hall–Kier alpha value is -3.07. The van der Waals surface area contributed by atoms with E-state index < -0.39 is 5.60 Å². The molecule has 150 valence electrons. The minimum atomic E-state index is -0.572. The molecular weight excluding hydrogens is 364 g/mol. The highest BCUT2D eigenvalue weighted by Crippen LogP contribution is 2.46. The quantitative estimate of drug-likeness (QED) is 0.831. The van der Waals surface area contributed by atoms with Crippen LogP contribution in [0.5, 0.6) is 0 Å². The number of aromatic nitrogens is 1. The van der Waals surface area contributed by atoms with Crippen LogP contribution < -0.4 is 5.73 Å². The Morgan fingerprint density at radius 1 is 1.17 bits per heavy atom. The van der Waals surface area contributed by atoms with Gasteiger partial charge >= 0.3 is 6.09 Å². The Bertz CT molecular complexity index is 943. The van der Waals surface area contributed by atoms with E-state index in [0.717, 1.165) is 36.8 Å². The largest absolute Gasteiger partial charge is 0.441 e. The summed E-state index contributed by atoms with van der Waals surface area (Å²) in [5.41, 5.74) is 7.77. The number of cyclic esters (lactones) is 1. The average molecular weight is 390 g/mol. The SMILES string of the molecule is CC1(C)OC(=O)N([C@H]2CC[C@H](c3cnc(N)c(C#N)c3)CC2)[C@H]1c1ccccc1. The Balaban J connectivity index is 1.53. The van der Waals surface area contributed by atoms with E-state index in [0.29, 0.717) is 11.5 Å². The highest BCUT2D eigenvalue weighted by atomic mass is 16.6. The Morgan fingerprint density at radius 3 is 2.52 bits per heavy atom. The number of carbonyl (C=O) groups is 1. The van der Waals surface area contributed by atoms with Gasteiger partial charge < -0.3 is 10.5 Å². The molecule has 2 aromatic rings. The molecule has 2 fully saturated rings. The lowest BCUT2D eigenvalue weighted by atomic mass is 9.80. The van der Waals surface area contributed by atoms with Crippen LogP contribution in [0.1, 0.15) is 68.2 Å². The van der Waals surface area contributed by atoms with E-state index >= 15 is 0 Å². The lowest BCUT2D eigenvalue weighted by Crippen LogP contribution is -2.42. The summed E-state index contributed by atoms with van der Waals surface area (Å²) in [7, 11) is 0. The summed E-state index contributed by atoms with van der Waals surface area (Å²) < 4.78 is 5.76. The lowest BCUT2D eigenvalue weighted by molar-refractivity contribution is 0.0664. The molecule has 2 N–H and O–H groups in total. The fourth-order valence-corrected chi connectivity index (χ4v) is 4.82. The normalized spacial score (nSPS) is 26.0. The van der Waals surface area contributed by atoms with Crippen LogP contribution in [-0.4, -0.2) is 27.6 Å². The number of amides is 1. The topological polar surface area (TPSA) is 92.2 Å². The van der Waals surface area contributed by atoms with Gasteiger partial charge in [0.05, 0.1) is 11.6 Å². The second kappa shape index (κ2) is 7.40. The fourth-order valence-electron chi connectivity index (χ4n) is 4.82. The van der Waals surface area contributed by atoms with E-state index in [4.69, 9.17) is 10.5 Å². The van der Waals surface area contributed by atoms with Crippen molar-refractivity contribution in [2.45, 2.75) is 63.1 Å². The molecule has 0 radical (unpaired) electrons. The molecule has 4 rings (SSSR count). The summed E-state index contributed by atoms with van der Waals surface area (Å²) in [5.74, 6) is 0.603. The predicted molar refractivity (Wildman–Crippen MR) is 110 cm³/mol. The van der Waals surface area contributed by atoms with Gasteiger partial charge in [0.2, 0.25) is 0 Å². The molecular formula is C23H26N4O2. The molecule has 1 aromatic carbocycles. The predicted octanol–water partition coefficient (Wildman–Crippen LogP) is 4.53. The number of carbonyl (C=O) groups excluding carboxylic acids is 1. The van der Waals surface area contributed by atoms with Crippen molar-refractivity contribution in [3.63, 3.8) is 0 Å². The zero-order chi connectivity index (χ0) is 20.6. The average Bonchev–Trinajstić information content (AvgIpc) is 2.97. The first kappa shape index (κ1) is 19.3. The van der Waals surface area contributed by atoms with Crippen molar-refractivity contribution >= 4 is 11.9 Å². The van der Waals surface area contributed by atoms with Gasteiger partial charge in [-0.05, 0) is 62.6 Å². The number of anilines is 1. The van der Waals surface area contributed by atoms with Gasteiger partial charge in [-0.3, -0.25) is 4.90 Å². The molecule has 1 saturated heterocycles. The van der Waals surface area contributed by atoms with Crippen LogP contribution in [0.2, 0.25) is 0 Å². The Kier molecular flexibility index (Phi) is 4.91. The van der Waals surface area contributed by atoms with Crippen molar-refractivity contribution in [1.29, 1.82) is 5.26 Å². The monoisotopic (exact) mass is 390 g/mol. The van der Waals surface area contributed by atoms with Crippen LogP contribution in [0.3, 0.4) is 0 Å². The third-order valence-corrected chi connectivity index (χ3v) is 6.23. The van der Waals surface area contributed by atoms with Crippen molar-refractivity contribution in [1.82, 2.24) is 9.88 Å². The van der Waals surface area contributed by atoms with Crippen molar-refractivity contribution in [2.75, 3.05) is 5.73 Å². The van der Waals surface area contributed by atoms with Crippen LogP contribution in [-0.2, 0) is 4.74 Å². The summed E-state index contributed by atoms with van der Waals surface area (Å²) in [4.78, 5) is 18.9. The van der Waals surface area contributed by atoms with Crippen LogP contribution >= 0.6 is 0 Å². The van der Waals surface area contributed by atoms with Crippen LogP contribution in [0.25, 0.3) is 0 Å². The first-order valence-electron chi connectivity index (χ1n) is 10.1. The maximum Gasteiger partial charge on any atom is 0.411 e. The summed E-state index contributed by atoms with van der Waals surface area (Å²) in [6.45, 7) is 3.97. The minimum absolute atomic E-state index is 0.0962. The number of nitrogen functional groups attached to an aromatic ring is 1. The van der Waals surface area contributed by atoms with E-state index in [2.05, 4.69) is 23.2 Å². The molecule has 6 nitrogen and oxygen atoms in total. The number of nitrogens with two attached hydrogens (primary N) is 1. The molecule has 1 aliphatic carbocycles. The number of nitrogens with zero attached hydrogens (tertiary/aromatic N) is 3. The number of rotatable bonds is 3. The lowest BCUT2D eigenvalue weighted by Gasteiger charge is -2.38. The molecule has 2 aliphatic rings. The van der Waals surface area contributed by atoms with Gasteiger partial charge in [0.15, 0.2) is 0 Å². The van der Waals surface area contributed by atoms with Gasteiger partial charge in [-0.25, -0.2) is 9.78 Å². The molecule has 1 atom stereocenters. The summed E-state index contributed by atoms with van der Waals surface area (Å²) in [6, 6.07) is 14.1.